The quantitative estimate of drug-likeness (QED) is 0.302. The summed E-state index contributed by atoms with van der Waals surface area (Å²) in [5.41, 5.74) is 3.23. The van der Waals surface area contributed by atoms with Crippen LogP contribution >= 0.6 is 23.2 Å². The maximum atomic E-state index is 12.8. The minimum atomic E-state index is -0.488. The van der Waals surface area contributed by atoms with Crippen LogP contribution < -0.4 is 20.3 Å². The van der Waals surface area contributed by atoms with E-state index in [9.17, 15) is 9.59 Å². The molecule has 0 aliphatic carbocycles. The van der Waals surface area contributed by atoms with Gasteiger partial charge >= 0.3 is 6.03 Å². The summed E-state index contributed by atoms with van der Waals surface area (Å²) < 4.78 is 6.05. The van der Waals surface area contributed by atoms with Gasteiger partial charge in [0.1, 0.15) is 17.9 Å². The third-order valence-corrected chi connectivity index (χ3v) is 6.30. The lowest BCUT2D eigenvalue weighted by molar-refractivity contribution is -0.117. The molecule has 3 aromatic carbocycles. The highest BCUT2D eigenvalue weighted by Gasteiger charge is 2.19. The number of halogens is 2. The third kappa shape index (κ3) is 5.87. The molecule has 4 rings (SSSR count). The summed E-state index contributed by atoms with van der Waals surface area (Å²) >= 11 is 13.1. The number of carbonyl (C=O) groups excluding carboxylic acids is 2. The van der Waals surface area contributed by atoms with Crippen molar-refractivity contribution in [1.29, 1.82) is 0 Å². The molecule has 0 radical (unpaired) electrons. The lowest BCUT2D eigenvalue weighted by Gasteiger charge is -2.21. The number of carbonyl (C=O) groups is 2. The van der Waals surface area contributed by atoms with Gasteiger partial charge in [-0.1, -0.05) is 59.6 Å². The van der Waals surface area contributed by atoms with E-state index in [1.165, 1.54) is 4.90 Å². The van der Waals surface area contributed by atoms with Crippen molar-refractivity contribution in [2.75, 3.05) is 23.8 Å². The number of pyridine rings is 1. The lowest BCUT2D eigenvalue weighted by atomic mass is 10.1. The third-order valence-electron chi connectivity index (χ3n) is 5.53. The summed E-state index contributed by atoms with van der Waals surface area (Å²) in [6, 6.07) is 21.4. The predicted molar refractivity (Wildman–Crippen MR) is 144 cm³/mol. The van der Waals surface area contributed by atoms with E-state index in [2.05, 4.69) is 15.6 Å². The number of fused-ring (bicyclic) bond motifs is 1. The van der Waals surface area contributed by atoms with Gasteiger partial charge in [-0.2, -0.15) is 0 Å². The number of urea groups is 1. The molecule has 0 spiro atoms. The second kappa shape index (κ2) is 11.3. The molecule has 0 bridgehead atoms. The van der Waals surface area contributed by atoms with Crippen LogP contribution in [0.2, 0.25) is 10.0 Å². The van der Waals surface area contributed by atoms with Crippen LogP contribution in [-0.2, 0) is 11.4 Å². The number of aryl methyl sites for hydroxylation is 1. The Morgan fingerprint density at radius 3 is 2.53 bits per heavy atom. The van der Waals surface area contributed by atoms with Gasteiger partial charge in [-0.05, 0) is 43.3 Å². The summed E-state index contributed by atoms with van der Waals surface area (Å²) in [4.78, 5) is 30.8. The van der Waals surface area contributed by atoms with Gasteiger partial charge in [0, 0.05) is 34.4 Å². The number of hydrogen-bond donors (Lipinski definition) is 2. The minimum absolute atomic E-state index is 0.0833. The summed E-state index contributed by atoms with van der Waals surface area (Å²) in [5, 5.41) is 6.88. The van der Waals surface area contributed by atoms with Crippen molar-refractivity contribution in [3.63, 3.8) is 0 Å². The number of hydrogen-bond acceptors (Lipinski definition) is 4. The van der Waals surface area contributed by atoms with Gasteiger partial charge in [0.15, 0.2) is 0 Å². The zero-order valence-corrected chi connectivity index (χ0v) is 21.2. The van der Waals surface area contributed by atoms with Gasteiger partial charge in [-0.25, -0.2) is 9.78 Å². The Kier molecular flexibility index (Phi) is 7.93. The van der Waals surface area contributed by atoms with Crippen LogP contribution in [0.3, 0.4) is 0 Å². The molecule has 7 nitrogen and oxygen atoms in total. The highest BCUT2D eigenvalue weighted by atomic mass is 35.5. The Morgan fingerprint density at radius 2 is 1.75 bits per heavy atom. The van der Waals surface area contributed by atoms with Crippen molar-refractivity contribution in [2.45, 2.75) is 13.5 Å². The fourth-order valence-corrected chi connectivity index (χ4v) is 4.17. The fraction of sp³-hybridized carbons (Fsp3) is 0.148. The summed E-state index contributed by atoms with van der Waals surface area (Å²) in [7, 11) is 1.58. The molecular formula is C27H24Cl2N4O3. The van der Waals surface area contributed by atoms with Gasteiger partial charge < -0.3 is 20.3 Å². The van der Waals surface area contributed by atoms with Crippen LogP contribution in [0.25, 0.3) is 10.9 Å². The number of anilines is 2. The molecule has 4 aromatic rings. The maximum Gasteiger partial charge on any atom is 0.319 e. The topological polar surface area (TPSA) is 83.6 Å². The summed E-state index contributed by atoms with van der Waals surface area (Å²) in [6.07, 6.45) is 0. The van der Waals surface area contributed by atoms with Crippen LogP contribution in [0, 0.1) is 6.92 Å². The first kappa shape index (κ1) is 25.3. The Bertz CT molecular complexity index is 1410. The van der Waals surface area contributed by atoms with Crippen LogP contribution in [0.15, 0.2) is 72.8 Å². The number of likely N-dealkylation sites (N-methyl/N-ethyl adjacent to an activating group) is 1. The lowest BCUT2D eigenvalue weighted by Crippen LogP contribution is -2.40. The number of aromatic nitrogens is 1. The molecule has 0 atom stereocenters. The number of ether oxygens (including phenoxy) is 1. The highest BCUT2D eigenvalue weighted by molar-refractivity contribution is 6.38. The molecule has 184 valence electrons. The number of nitrogens with zero attached hydrogens (tertiary/aromatic N) is 2. The molecule has 0 aliphatic rings. The zero-order valence-electron chi connectivity index (χ0n) is 19.7. The van der Waals surface area contributed by atoms with E-state index in [1.807, 2.05) is 43.3 Å². The van der Waals surface area contributed by atoms with Crippen molar-refractivity contribution in [3.05, 3.63) is 94.1 Å². The Morgan fingerprint density at radius 1 is 0.972 bits per heavy atom. The molecule has 0 fully saturated rings. The predicted octanol–water partition coefficient (Wildman–Crippen LogP) is 6.21. The van der Waals surface area contributed by atoms with Crippen LogP contribution in [0.4, 0.5) is 16.2 Å². The van der Waals surface area contributed by atoms with E-state index in [1.54, 1.807) is 43.4 Å². The van der Waals surface area contributed by atoms with Crippen LogP contribution in [0.1, 0.15) is 11.3 Å². The Balaban J connectivity index is 1.45. The molecule has 9 heteroatoms. The van der Waals surface area contributed by atoms with Crippen molar-refractivity contribution in [2.24, 2.45) is 0 Å². The number of para-hydroxylation sites is 2. The smallest absolute Gasteiger partial charge is 0.319 e. The molecule has 36 heavy (non-hydrogen) atoms. The van der Waals surface area contributed by atoms with Crippen LogP contribution in [-0.4, -0.2) is 30.5 Å². The average molecular weight is 523 g/mol. The van der Waals surface area contributed by atoms with E-state index in [0.717, 1.165) is 16.6 Å². The molecule has 1 aromatic heterocycles. The minimum Gasteiger partial charge on any atom is -0.487 e. The van der Waals surface area contributed by atoms with E-state index in [0.29, 0.717) is 27.7 Å². The van der Waals surface area contributed by atoms with Gasteiger partial charge in [0.05, 0.1) is 17.3 Å². The van der Waals surface area contributed by atoms with Crippen LogP contribution in [0.5, 0.6) is 5.75 Å². The van der Waals surface area contributed by atoms with Gasteiger partial charge in [0.25, 0.3) is 0 Å². The second-order valence-corrected chi connectivity index (χ2v) is 8.84. The normalized spacial score (nSPS) is 10.7. The van der Waals surface area contributed by atoms with Gasteiger partial charge in [-0.15, -0.1) is 0 Å². The first-order chi connectivity index (χ1) is 17.3. The van der Waals surface area contributed by atoms with Crippen molar-refractivity contribution in [1.82, 2.24) is 10.3 Å². The number of amides is 3. The molecule has 0 saturated heterocycles. The molecule has 3 amide bonds. The van der Waals surface area contributed by atoms with Gasteiger partial charge in [0.2, 0.25) is 5.91 Å². The van der Waals surface area contributed by atoms with Crippen molar-refractivity contribution in [3.8, 4) is 5.75 Å². The molecule has 0 aliphatic heterocycles. The van der Waals surface area contributed by atoms with Gasteiger partial charge in [-0.3, -0.25) is 4.79 Å². The monoisotopic (exact) mass is 522 g/mol. The van der Waals surface area contributed by atoms with Crippen molar-refractivity contribution < 1.29 is 14.3 Å². The fourth-order valence-electron chi connectivity index (χ4n) is 3.57. The standard InChI is InChI=1S/C27H24Cl2N4O3/c1-17-11-12-18-7-6-10-23(26(18)31-17)36-16-20-21(28)13-14-22(25(20)29)33(2)24(34)15-30-27(35)32-19-8-4-3-5-9-19/h3-14H,15-16H2,1-2H3,(H2,30,32,35). The molecule has 2 N–H and O–H groups in total. The number of benzene rings is 3. The largest absolute Gasteiger partial charge is 0.487 e. The average Bonchev–Trinajstić information content (AvgIpc) is 2.87. The number of nitrogens with one attached hydrogen (secondary N) is 2. The first-order valence-electron chi connectivity index (χ1n) is 11.2. The van der Waals surface area contributed by atoms with E-state index in [4.69, 9.17) is 27.9 Å². The Hall–Kier alpha value is -3.81. The molecule has 0 saturated carbocycles. The zero-order chi connectivity index (χ0) is 25.7. The van der Waals surface area contributed by atoms with E-state index in [-0.39, 0.29) is 24.1 Å². The summed E-state index contributed by atoms with van der Waals surface area (Å²) in [6.45, 7) is 1.78. The number of rotatable bonds is 7. The molecular weight excluding hydrogens is 499 g/mol. The summed E-state index contributed by atoms with van der Waals surface area (Å²) in [5.74, 6) is 0.245. The van der Waals surface area contributed by atoms with Crippen molar-refractivity contribution >= 4 is 57.4 Å². The maximum absolute atomic E-state index is 12.8. The molecule has 1 heterocycles. The van der Waals surface area contributed by atoms with E-state index < -0.39 is 6.03 Å². The Labute approximate surface area is 219 Å². The second-order valence-electron chi connectivity index (χ2n) is 8.05. The SMILES string of the molecule is Cc1ccc2cccc(OCc3c(Cl)ccc(N(C)C(=O)CNC(=O)Nc4ccccc4)c3Cl)c2n1. The highest BCUT2D eigenvalue weighted by Crippen LogP contribution is 2.35. The molecule has 0 unspecified atom stereocenters. The van der Waals surface area contributed by atoms with E-state index >= 15 is 0 Å². The first-order valence-corrected chi connectivity index (χ1v) is 11.9.